The summed E-state index contributed by atoms with van der Waals surface area (Å²) in [4.78, 5) is 32.5. The van der Waals surface area contributed by atoms with Crippen LogP contribution in [0.5, 0.6) is 0 Å². The maximum Gasteiger partial charge on any atom is 0.271 e. The second-order valence-corrected chi connectivity index (χ2v) is 5.78. The third kappa shape index (κ3) is 3.53. The summed E-state index contributed by atoms with van der Waals surface area (Å²) in [6.07, 6.45) is 9.26. The molecule has 2 N–H and O–H groups in total. The average Bonchev–Trinajstić information content (AvgIpc) is 3.07. The lowest BCUT2D eigenvalue weighted by molar-refractivity contribution is -0.125. The SMILES string of the molecule is C/C=C/C(=O)N1CC[C@@H](Nc2cc(-c3ccncc3)c[nH]c2=O)C1. The van der Waals surface area contributed by atoms with Crippen LogP contribution in [0.15, 0.2) is 53.7 Å². The van der Waals surface area contributed by atoms with Crippen molar-refractivity contribution in [1.29, 1.82) is 0 Å². The summed E-state index contributed by atoms with van der Waals surface area (Å²) in [5.74, 6) is 0.0150. The van der Waals surface area contributed by atoms with Crippen LogP contribution in [0, 0.1) is 0 Å². The van der Waals surface area contributed by atoms with E-state index in [1.807, 2.05) is 25.1 Å². The summed E-state index contributed by atoms with van der Waals surface area (Å²) in [6.45, 7) is 3.12. The lowest BCUT2D eigenvalue weighted by Crippen LogP contribution is -2.31. The van der Waals surface area contributed by atoms with Crippen LogP contribution in [0.25, 0.3) is 11.1 Å². The zero-order valence-electron chi connectivity index (χ0n) is 13.5. The van der Waals surface area contributed by atoms with E-state index in [0.29, 0.717) is 18.8 Å². The van der Waals surface area contributed by atoms with Crippen LogP contribution in [0.3, 0.4) is 0 Å². The van der Waals surface area contributed by atoms with Crippen molar-refractivity contribution in [3.8, 4) is 11.1 Å². The highest BCUT2D eigenvalue weighted by Crippen LogP contribution is 2.20. The zero-order valence-corrected chi connectivity index (χ0v) is 13.5. The van der Waals surface area contributed by atoms with Crippen molar-refractivity contribution in [2.24, 2.45) is 0 Å². The van der Waals surface area contributed by atoms with E-state index in [0.717, 1.165) is 17.5 Å². The number of H-pyrrole nitrogens is 1. The fourth-order valence-electron chi connectivity index (χ4n) is 2.85. The van der Waals surface area contributed by atoms with Gasteiger partial charge >= 0.3 is 0 Å². The summed E-state index contributed by atoms with van der Waals surface area (Å²) < 4.78 is 0. The van der Waals surface area contributed by atoms with Gasteiger partial charge in [0.05, 0.1) is 0 Å². The first kappa shape index (κ1) is 16.0. The summed E-state index contributed by atoms with van der Waals surface area (Å²) in [6, 6.07) is 5.70. The molecule has 3 rings (SSSR count). The molecule has 24 heavy (non-hydrogen) atoms. The Balaban J connectivity index is 1.74. The van der Waals surface area contributed by atoms with Gasteiger partial charge < -0.3 is 15.2 Å². The van der Waals surface area contributed by atoms with E-state index in [2.05, 4.69) is 15.3 Å². The second kappa shape index (κ2) is 7.12. The first-order valence-electron chi connectivity index (χ1n) is 7.98. The molecule has 1 amide bonds. The molecule has 0 aromatic carbocycles. The molecule has 1 fully saturated rings. The molecule has 2 aromatic rings. The lowest BCUT2D eigenvalue weighted by Gasteiger charge is -2.16. The molecule has 1 aliphatic heterocycles. The summed E-state index contributed by atoms with van der Waals surface area (Å²) in [7, 11) is 0. The fourth-order valence-corrected chi connectivity index (χ4v) is 2.85. The summed E-state index contributed by atoms with van der Waals surface area (Å²) in [5.41, 5.74) is 2.26. The molecular weight excluding hydrogens is 304 g/mol. The maximum absolute atomic E-state index is 12.1. The Morgan fingerprint density at radius 3 is 2.92 bits per heavy atom. The Morgan fingerprint density at radius 2 is 2.17 bits per heavy atom. The highest BCUT2D eigenvalue weighted by molar-refractivity contribution is 5.87. The van der Waals surface area contributed by atoms with E-state index in [-0.39, 0.29) is 17.5 Å². The maximum atomic E-state index is 12.1. The third-order valence-corrected chi connectivity index (χ3v) is 4.09. The first-order chi connectivity index (χ1) is 11.7. The van der Waals surface area contributed by atoms with Gasteiger partial charge in [-0.15, -0.1) is 0 Å². The van der Waals surface area contributed by atoms with Gasteiger partial charge in [0.2, 0.25) is 5.91 Å². The molecule has 1 atom stereocenters. The summed E-state index contributed by atoms with van der Waals surface area (Å²) in [5, 5.41) is 3.27. The van der Waals surface area contributed by atoms with E-state index in [4.69, 9.17) is 0 Å². The molecule has 0 bridgehead atoms. The van der Waals surface area contributed by atoms with Crippen molar-refractivity contribution in [1.82, 2.24) is 14.9 Å². The topological polar surface area (TPSA) is 78.1 Å². The average molecular weight is 324 g/mol. The van der Waals surface area contributed by atoms with E-state index >= 15 is 0 Å². The minimum atomic E-state index is -0.161. The van der Waals surface area contributed by atoms with Crippen molar-refractivity contribution in [3.63, 3.8) is 0 Å². The molecule has 1 aliphatic rings. The quantitative estimate of drug-likeness (QED) is 0.844. The highest BCUT2D eigenvalue weighted by atomic mass is 16.2. The van der Waals surface area contributed by atoms with Crippen molar-refractivity contribution >= 4 is 11.6 Å². The fraction of sp³-hybridized carbons (Fsp3) is 0.278. The van der Waals surface area contributed by atoms with Gasteiger partial charge in [0, 0.05) is 43.3 Å². The second-order valence-electron chi connectivity index (χ2n) is 5.78. The normalized spacial score (nSPS) is 17.4. The number of aromatic nitrogens is 2. The monoisotopic (exact) mass is 324 g/mol. The Labute approximate surface area is 140 Å². The number of amides is 1. The van der Waals surface area contributed by atoms with Crippen molar-refractivity contribution in [3.05, 3.63) is 59.3 Å². The van der Waals surface area contributed by atoms with Crippen LogP contribution in [0.1, 0.15) is 13.3 Å². The van der Waals surface area contributed by atoms with Gasteiger partial charge in [0.15, 0.2) is 0 Å². The van der Waals surface area contributed by atoms with Crippen LogP contribution in [0.4, 0.5) is 5.69 Å². The van der Waals surface area contributed by atoms with Crippen LogP contribution >= 0.6 is 0 Å². The number of hydrogen-bond donors (Lipinski definition) is 2. The van der Waals surface area contributed by atoms with E-state index in [9.17, 15) is 9.59 Å². The van der Waals surface area contributed by atoms with Crippen LogP contribution in [-0.2, 0) is 4.79 Å². The number of nitrogens with zero attached hydrogens (tertiary/aromatic N) is 2. The lowest BCUT2D eigenvalue weighted by atomic mass is 10.1. The molecule has 2 aromatic heterocycles. The van der Waals surface area contributed by atoms with E-state index < -0.39 is 0 Å². The number of aromatic amines is 1. The number of rotatable bonds is 4. The van der Waals surface area contributed by atoms with Crippen LogP contribution in [-0.4, -0.2) is 39.9 Å². The van der Waals surface area contributed by atoms with Crippen molar-refractivity contribution in [2.75, 3.05) is 18.4 Å². The first-order valence-corrected chi connectivity index (χ1v) is 7.98. The van der Waals surface area contributed by atoms with Gasteiger partial charge in [-0.1, -0.05) is 6.08 Å². The number of allylic oxidation sites excluding steroid dienone is 1. The number of anilines is 1. The number of pyridine rings is 2. The highest BCUT2D eigenvalue weighted by Gasteiger charge is 2.25. The number of likely N-dealkylation sites (tertiary alicyclic amines) is 1. The Hall–Kier alpha value is -2.89. The number of carbonyl (C=O) groups is 1. The minimum Gasteiger partial charge on any atom is -0.376 e. The molecule has 3 heterocycles. The number of hydrogen-bond acceptors (Lipinski definition) is 4. The summed E-state index contributed by atoms with van der Waals surface area (Å²) >= 11 is 0. The smallest absolute Gasteiger partial charge is 0.271 e. The van der Waals surface area contributed by atoms with E-state index in [1.54, 1.807) is 35.6 Å². The molecular formula is C18H20N4O2. The minimum absolute atomic E-state index is 0.0150. The van der Waals surface area contributed by atoms with Gasteiger partial charge in [0.1, 0.15) is 5.69 Å². The van der Waals surface area contributed by atoms with Crippen LogP contribution in [0.2, 0.25) is 0 Å². The van der Waals surface area contributed by atoms with Crippen molar-refractivity contribution < 1.29 is 4.79 Å². The Bertz CT molecular complexity index is 798. The van der Waals surface area contributed by atoms with Gasteiger partial charge in [-0.25, -0.2) is 0 Å². The molecule has 0 aliphatic carbocycles. The molecule has 6 nitrogen and oxygen atoms in total. The van der Waals surface area contributed by atoms with Gasteiger partial charge in [-0.2, -0.15) is 0 Å². The van der Waals surface area contributed by atoms with Gasteiger partial charge in [-0.3, -0.25) is 14.6 Å². The zero-order chi connectivity index (χ0) is 16.9. The molecule has 0 spiro atoms. The van der Waals surface area contributed by atoms with Crippen LogP contribution < -0.4 is 10.9 Å². The van der Waals surface area contributed by atoms with E-state index in [1.165, 1.54) is 0 Å². The third-order valence-electron chi connectivity index (χ3n) is 4.09. The standard InChI is InChI=1S/C18H20N4O2/c1-2-3-17(23)22-9-6-15(12-22)21-16-10-14(11-20-18(16)24)13-4-7-19-8-5-13/h2-5,7-8,10-11,15,21H,6,9,12H2,1H3,(H,20,24)/b3-2+/t15-/m1/s1. The van der Waals surface area contributed by atoms with Crippen molar-refractivity contribution in [2.45, 2.75) is 19.4 Å². The molecule has 1 saturated heterocycles. The van der Waals surface area contributed by atoms with Gasteiger partial charge in [0.25, 0.3) is 5.56 Å². The Morgan fingerprint density at radius 1 is 1.38 bits per heavy atom. The Kier molecular flexibility index (Phi) is 4.74. The molecule has 0 saturated carbocycles. The molecule has 124 valence electrons. The molecule has 0 radical (unpaired) electrons. The number of nitrogens with one attached hydrogen (secondary N) is 2. The largest absolute Gasteiger partial charge is 0.376 e. The molecule has 6 heteroatoms. The number of carbonyl (C=O) groups excluding carboxylic acids is 1. The predicted molar refractivity (Wildman–Crippen MR) is 93.7 cm³/mol. The molecule has 0 unspecified atom stereocenters. The van der Waals surface area contributed by atoms with Gasteiger partial charge in [-0.05, 0) is 43.2 Å². The predicted octanol–water partition coefficient (Wildman–Crippen LogP) is 2.03.